The molecule has 3 nitrogen and oxygen atoms in total. The van der Waals surface area contributed by atoms with Gasteiger partial charge in [-0.25, -0.2) is 0 Å². The van der Waals surface area contributed by atoms with Gasteiger partial charge in [0.05, 0.1) is 14.3 Å². The molecule has 0 fully saturated rings. The van der Waals surface area contributed by atoms with Gasteiger partial charge in [-0.3, -0.25) is 4.79 Å². The Morgan fingerprint density at radius 1 is 1.24 bits per heavy atom. The van der Waals surface area contributed by atoms with Gasteiger partial charge >= 0.3 is 0 Å². The van der Waals surface area contributed by atoms with Crippen LogP contribution >= 0.6 is 45.2 Å². The third kappa shape index (κ3) is 3.46. The van der Waals surface area contributed by atoms with E-state index in [-0.39, 0.29) is 5.91 Å². The Bertz CT molecular complexity index is 394. The number of rotatable bonds is 4. The molecule has 0 saturated carbocycles. The van der Waals surface area contributed by atoms with E-state index in [0.29, 0.717) is 0 Å². The third-order valence-corrected chi connectivity index (χ3v) is 4.10. The van der Waals surface area contributed by atoms with E-state index in [1.54, 1.807) is 7.11 Å². The summed E-state index contributed by atoms with van der Waals surface area (Å²) in [5.41, 5.74) is 0.725. The molecule has 1 amide bonds. The summed E-state index contributed by atoms with van der Waals surface area (Å²) in [6.45, 7) is 5.44. The molecular formula is C12H15I2NO2. The van der Waals surface area contributed by atoms with Gasteiger partial charge in [-0.15, -0.1) is 0 Å². The lowest BCUT2D eigenvalue weighted by atomic mass is 10.2. The quantitative estimate of drug-likeness (QED) is 0.647. The summed E-state index contributed by atoms with van der Waals surface area (Å²) < 4.78 is 7.21. The highest BCUT2D eigenvalue weighted by Crippen LogP contribution is 2.28. The average molecular weight is 459 g/mol. The van der Waals surface area contributed by atoms with Gasteiger partial charge < -0.3 is 9.64 Å². The predicted molar refractivity (Wildman–Crippen MR) is 85.7 cm³/mol. The standard InChI is InChI=1S/C12H15I2NO2/c1-4-15(5-2)12(16)8-6-9(13)11(17-3)10(14)7-8/h6-7H,4-5H2,1-3H3. The minimum Gasteiger partial charge on any atom is -0.495 e. The highest BCUT2D eigenvalue weighted by atomic mass is 127. The van der Waals surface area contributed by atoms with Gasteiger partial charge in [0.1, 0.15) is 5.75 Å². The van der Waals surface area contributed by atoms with Crippen molar-refractivity contribution >= 4 is 51.1 Å². The zero-order chi connectivity index (χ0) is 13.0. The number of amides is 1. The Labute approximate surface area is 129 Å². The molecule has 0 aliphatic carbocycles. The fraction of sp³-hybridized carbons (Fsp3) is 0.417. The smallest absolute Gasteiger partial charge is 0.253 e. The van der Waals surface area contributed by atoms with Crippen molar-refractivity contribution in [2.24, 2.45) is 0 Å². The minimum atomic E-state index is 0.0773. The monoisotopic (exact) mass is 459 g/mol. The number of carbonyl (C=O) groups is 1. The first kappa shape index (κ1) is 15.0. The summed E-state index contributed by atoms with van der Waals surface area (Å²) in [4.78, 5) is 14.0. The molecule has 0 saturated heterocycles. The van der Waals surface area contributed by atoms with Crippen molar-refractivity contribution in [2.45, 2.75) is 13.8 Å². The van der Waals surface area contributed by atoms with Crippen molar-refractivity contribution in [3.8, 4) is 5.75 Å². The molecule has 1 aromatic rings. The molecule has 0 spiro atoms. The molecule has 5 heteroatoms. The van der Waals surface area contributed by atoms with Crippen molar-refractivity contribution in [1.82, 2.24) is 4.90 Å². The number of hydrogen-bond acceptors (Lipinski definition) is 2. The van der Waals surface area contributed by atoms with E-state index in [9.17, 15) is 4.79 Å². The van der Waals surface area contributed by atoms with Gasteiger partial charge in [0.15, 0.2) is 0 Å². The lowest BCUT2D eigenvalue weighted by Gasteiger charge is -2.19. The number of nitrogens with zero attached hydrogens (tertiary/aromatic N) is 1. The Morgan fingerprint density at radius 3 is 2.06 bits per heavy atom. The first-order chi connectivity index (χ1) is 8.04. The molecule has 1 rings (SSSR count). The van der Waals surface area contributed by atoms with Crippen molar-refractivity contribution in [3.05, 3.63) is 24.8 Å². The van der Waals surface area contributed by atoms with Crippen LogP contribution in [0.5, 0.6) is 5.75 Å². The zero-order valence-electron chi connectivity index (χ0n) is 10.1. The second-order valence-electron chi connectivity index (χ2n) is 3.45. The van der Waals surface area contributed by atoms with E-state index in [1.807, 2.05) is 30.9 Å². The molecule has 0 heterocycles. The predicted octanol–water partition coefficient (Wildman–Crippen LogP) is 3.39. The molecule has 0 atom stereocenters. The number of hydrogen-bond donors (Lipinski definition) is 0. The van der Waals surface area contributed by atoms with Crippen LogP contribution in [0.2, 0.25) is 0 Å². The van der Waals surface area contributed by atoms with Gasteiger partial charge in [-0.1, -0.05) is 0 Å². The molecule has 0 unspecified atom stereocenters. The van der Waals surface area contributed by atoms with Crippen LogP contribution in [0.1, 0.15) is 24.2 Å². The number of methoxy groups -OCH3 is 1. The lowest BCUT2D eigenvalue weighted by molar-refractivity contribution is 0.0773. The van der Waals surface area contributed by atoms with Crippen LogP contribution in [0.25, 0.3) is 0 Å². The van der Waals surface area contributed by atoms with E-state index in [0.717, 1.165) is 31.5 Å². The van der Waals surface area contributed by atoms with Crippen molar-refractivity contribution in [2.75, 3.05) is 20.2 Å². The maximum Gasteiger partial charge on any atom is 0.253 e. The van der Waals surface area contributed by atoms with E-state index < -0.39 is 0 Å². The van der Waals surface area contributed by atoms with Crippen LogP contribution in [-0.4, -0.2) is 31.0 Å². The van der Waals surface area contributed by atoms with Crippen LogP contribution in [-0.2, 0) is 0 Å². The number of halogens is 2. The summed E-state index contributed by atoms with van der Waals surface area (Å²) in [6.07, 6.45) is 0. The lowest BCUT2D eigenvalue weighted by Crippen LogP contribution is -2.30. The average Bonchev–Trinajstić information content (AvgIpc) is 2.30. The van der Waals surface area contributed by atoms with Crippen molar-refractivity contribution in [3.63, 3.8) is 0 Å². The normalized spacial score (nSPS) is 10.2. The van der Waals surface area contributed by atoms with Crippen LogP contribution in [0, 0.1) is 7.14 Å². The van der Waals surface area contributed by atoms with Gasteiger partial charge in [0.25, 0.3) is 5.91 Å². The summed E-state index contributed by atoms with van der Waals surface area (Å²) in [5.74, 6) is 0.913. The van der Waals surface area contributed by atoms with Crippen LogP contribution in [0.4, 0.5) is 0 Å². The second-order valence-corrected chi connectivity index (χ2v) is 5.77. The summed E-state index contributed by atoms with van der Waals surface area (Å²) >= 11 is 4.38. The number of benzene rings is 1. The van der Waals surface area contributed by atoms with E-state index in [1.165, 1.54) is 0 Å². The molecule has 0 aliphatic rings. The second kappa shape index (κ2) is 6.77. The Balaban J connectivity index is 3.12. The highest BCUT2D eigenvalue weighted by Gasteiger charge is 2.16. The molecule has 0 bridgehead atoms. The molecule has 0 aliphatic heterocycles. The molecule has 17 heavy (non-hydrogen) atoms. The van der Waals surface area contributed by atoms with Crippen molar-refractivity contribution in [1.29, 1.82) is 0 Å². The third-order valence-electron chi connectivity index (χ3n) is 2.50. The van der Waals surface area contributed by atoms with Crippen molar-refractivity contribution < 1.29 is 9.53 Å². The summed E-state index contributed by atoms with van der Waals surface area (Å²) in [7, 11) is 1.64. The van der Waals surface area contributed by atoms with Gasteiger partial charge in [-0.05, 0) is 71.2 Å². The molecule has 94 valence electrons. The molecule has 0 N–H and O–H groups in total. The fourth-order valence-corrected chi connectivity index (χ4v) is 3.78. The SMILES string of the molecule is CCN(CC)C(=O)c1cc(I)c(OC)c(I)c1. The van der Waals surface area contributed by atoms with Crippen LogP contribution < -0.4 is 4.74 Å². The Kier molecular flexibility index (Phi) is 5.98. The fourth-order valence-electron chi connectivity index (χ4n) is 1.57. The van der Waals surface area contributed by atoms with Crippen LogP contribution in [0.15, 0.2) is 12.1 Å². The first-order valence-corrected chi connectivity index (χ1v) is 7.53. The van der Waals surface area contributed by atoms with E-state index in [4.69, 9.17) is 4.74 Å². The van der Waals surface area contributed by atoms with Gasteiger partial charge in [0.2, 0.25) is 0 Å². The molecule has 1 aromatic carbocycles. The first-order valence-electron chi connectivity index (χ1n) is 5.37. The van der Waals surface area contributed by atoms with E-state index >= 15 is 0 Å². The van der Waals surface area contributed by atoms with Gasteiger partial charge in [-0.2, -0.15) is 0 Å². The minimum absolute atomic E-state index is 0.0773. The van der Waals surface area contributed by atoms with Gasteiger partial charge in [0, 0.05) is 18.7 Å². The highest BCUT2D eigenvalue weighted by molar-refractivity contribution is 14.1. The maximum absolute atomic E-state index is 12.2. The zero-order valence-corrected chi connectivity index (χ0v) is 14.4. The Morgan fingerprint density at radius 2 is 1.71 bits per heavy atom. The largest absolute Gasteiger partial charge is 0.495 e. The summed E-state index contributed by atoms with van der Waals surface area (Å²) in [6, 6.07) is 3.75. The Hall–Kier alpha value is -0.0500. The summed E-state index contributed by atoms with van der Waals surface area (Å²) in [5, 5.41) is 0. The maximum atomic E-state index is 12.2. The number of carbonyl (C=O) groups excluding carboxylic acids is 1. The van der Waals surface area contributed by atoms with Crippen LogP contribution in [0.3, 0.4) is 0 Å². The topological polar surface area (TPSA) is 29.5 Å². The molecule has 0 radical (unpaired) electrons. The number of ether oxygens (including phenoxy) is 1. The van der Waals surface area contributed by atoms with E-state index in [2.05, 4.69) is 45.2 Å². The molecular weight excluding hydrogens is 444 g/mol. The molecule has 0 aromatic heterocycles.